The first-order valence-corrected chi connectivity index (χ1v) is 13.2. The van der Waals surface area contributed by atoms with Crippen LogP contribution in [0.25, 0.3) is 0 Å². The maximum Gasteiger partial charge on any atom is 1.00 e. The van der Waals surface area contributed by atoms with E-state index in [1.807, 2.05) is 0 Å². The van der Waals surface area contributed by atoms with Gasteiger partial charge in [0.25, 0.3) is 0 Å². The van der Waals surface area contributed by atoms with Gasteiger partial charge in [-0.15, -0.1) is 0 Å². The first-order valence-electron chi connectivity index (χ1n) is 13.2. The summed E-state index contributed by atoms with van der Waals surface area (Å²) < 4.78 is 26.5. The van der Waals surface area contributed by atoms with Crippen molar-refractivity contribution in [2.75, 3.05) is 19.8 Å². The summed E-state index contributed by atoms with van der Waals surface area (Å²) in [7, 11) is 0. The number of hydrogen-bond donors (Lipinski definition) is 12. The molecule has 3 aliphatic rings. The number of rotatable bonds is 11. The Bertz CT molecular complexity index is 949. The number of carbonyl (C=O) groups excluding carboxylic acids is 2. The van der Waals surface area contributed by atoms with Gasteiger partial charge in [0.05, 0.1) is 32.0 Å². The van der Waals surface area contributed by atoms with Crippen LogP contribution in [0.1, 0.15) is 13.3 Å². The third kappa shape index (κ3) is 8.41. The van der Waals surface area contributed by atoms with Gasteiger partial charge < -0.3 is 95.1 Å². The van der Waals surface area contributed by atoms with Crippen LogP contribution < -0.4 is 40.0 Å². The number of carbonyl (C=O) groups is 2. The number of amides is 1. The monoisotopic (exact) mass is 655 g/mol. The molecule has 3 heterocycles. The second-order valence-corrected chi connectivity index (χ2v) is 10.5. The van der Waals surface area contributed by atoms with Crippen molar-refractivity contribution in [2.45, 2.75) is 111 Å². The maximum absolute atomic E-state index is 12.2. The Labute approximate surface area is 271 Å². The fourth-order valence-electron chi connectivity index (χ4n) is 5.04. The van der Waals surface area contributed by atoms with E-state index in [9.17, 15) is 70.9 Å². The third-order valence-corrected chi connectivity index (χ3v) is 7.45. The Morgan fingerprint density at radius 2 is 1.59 bits per heavy atom. The molecule has 0 radical (unpaired) electrons. The fourth-order valence-corrected chi connectivity index (χ4v) is 5.04. The van der Waals surface area contributed by atoms with E-state index >= 15 is 0 Å². The molecule has 0 aromatic heterocycles. The zero-order valence-electron chi connectivity index (χ0n) is 23.7. The number of aliphatic carboxylic acids is 1. The molecule has 3 fully saturated rings. The second-order valence-electron chi connectivity index (χ2n) is 10.5. The molecule has 16 atom stereocenters. The molecule has 3 rings (SSSR count). The van der Waals surface area contributed by atoms with E-state index in [0.717, 1.165) is 6.92 Å². The van der Waals surface area contributed by atoms with E-state index in [0.29, 0.717) is 0 Å². The summed E-state index contributed by atoms with van der Waals surface area (Å²) in [6.45, 7) is -1.84. The molecular formula is C23H38NNaO19. The zero-order chi connectivity index (χ0) is 32.4. The first-order chi connectivity index (χ1) is 20.1. The molecule has 44 heavy (non-hydrogen) atoms. The Morgan fingerprint density at radius 1 is 0.955 bits per heavy atom. The van der Waals surface area contributed by atoms with Crippen molar-refractivity contribution in [3.63, 3.8) is 0 Å². The van der Waals surface area contributed by atoms with E-state index in [1.165, 1.54) is 0 Å². The van der Waals surface area contributed by atoms with Gasteiger partial charge in [-0.3, -0.25) is 4.79 Å². The Balaban J connectivity index is 0.00000675. The topological polar surface area (TPSA) is 338 Å². The van der Waals surface area contributed by atoms with E-state index in [1.54, 1.807) is 0 Å². The average Bonchev–Trinajstić information content (AvgIpc) is 2.96. The molecule has 1 amide bonds. The number of carboxylic acids is 1. The van der Waals surface area contributed by atoms with Gasteiger partial charge in [-0.2, -0.15) is 0 Å². The van der Waals surface area contributed by atoms with Gasteiger partial charge in [-0.05, 0) is 0 Å². The van der Waals surface area contributed by atoms with E-state index in [4.69, 9.17) is 23.7 Å². The van der Waals surface area contributed by atoms with Crippen LogP contribution in [-0.2, 0) is 33.3 Å². The summed E-state index contributed by atoms with van der Waals surface area (Å²) in [6.07, 6.45) is -27.3. The molecule has 0 bridgehead atoms. The number of hydrogen-bond acceptors (Lipinski definition) is 19. The zero-order valence-corrected chi connectivity index (χ0v) is 25.7. The van der Waals surface area contributed by atoms with Gasteiger partial charge in [0.1, 0.15) is 73.1 Å². The SMILES string of the molecule is CC(=O)NC1C(O)CC(OCC2OC(OC3C(CO)OC(O)C(O)C3O)C(O)C(O)C2O)(C(=O)[O-])OC1[C@H](O)[C@H](O)CO.[Na+]. The van der Waals surface area contributed by atoms with Crippen LogP contribution in [0.5, 0.6) is 0 Å². The van der Waals surface area contributed by atoms with E-state index in [-0.39, 0.29) is 29.6 Å². The first kappa shape index (κ1) is 39.5. The molecule has 20 nitrogen and oxygen atoms in total. The van der Waals surface area contributed by atoms with Gasteiger partial charge in [0.15, 0.2) is 12.6 Å². The summed E-state index contributed by atoms with van der Waals surface area (Å²) in [5.74, 6) is -5.80. The molecule has 14 unspecified atom stereocenters. The number of ether oxygens (including phenoxy) is 5. The summed E-state index contributed by atoms with van der Waals surface area (Å²) in [6, 6.07) is -1.51. The number of nitrogens with one attached hydrogen (secondary N) is 1. The molecule has 0 aliphatic carbocycles. The Morgan fingerprint density at radius 3 is 2.14 bits per heavy atom. The minimum absolute atomic E-state index is 0. The van der Waals surface area contributed by atoms with Crippen molar-refractivity contribution in [3.05, 3.63) is 0 Å². The molecule has 0 aromatic rings. The van der Waals surface area contributed by atoms with Crippen molar-refractivity contribution in [3.8, 4) is 0 Å². The molecule has 0 aromatic carbocycles. The van der Waals surface area contributed by atoms with E-state index < -0.39 is 136 Å². The molecule has 0 saturated carbocycles. The van der Waals surface area contributed by atoms with Crippen LogP contribution in [0.2, 0.25) is 0 Å². The fraction of sp³-hybridized carbons (Fsp3) is 0.913. The molecule has 3 aliphatic heterocycles. The standard InChI is InChI=1S/C23H39NO19.Na/c1-6(27)24-11-7(28)2-23(22(37)38,43-19(11)12(30)8(29)3-25)39-5-10-13(31)14(32)17(35)21(41-10)42-18-9(4-26)40-20(36)16(34)15(18)33;/h7-21,25-26,28-36H,2-5H2,1H3,(H,24,27)(H,37,38);/q;+1/p-1/t7?,8-,9?,10?,11?,12-,13?,14?,15?,16?,17?,18?,19?,20?,21?,23?;/m1./s1. The normalized spacial score (nSPS) is 44.2. The van der Waals surface area contributed by atoms with Crippen LogP contribution in [-0.4, -0.2) is 186 Å². The minimum atomic E-state index is -2.94. The number of carboxylic acid groups (broad SMARTS) is 1. The van der Waals surface area contributed by atoms with Crippen LogP contribution in [0.4, 0.5) is 0 Å². The molecule has 0 spiro atoms. The van der Waals surface area contributed by atoms with Gasteiger partial charge in [-0.25, -0.2) is 0 Å². The van der Waals surface area contributed by atoms with E-state index in [2.05, 4.69) is 5.32 Å². The minimum Gasteiger partial charge on any atom is -0.544 e. The van der Waals surface area contributed by atoms with Crippen LogP contribution in [0, 0.1) is 0 Å². The summed E-state index contributed by atoms with van der Waals surface area (Å²) >= 11 is 0. The number of aliphatic hydroxyl groups excluding tert-OH is 11. The summed E-state index contributed by atoms with van der Waals surface area (Å²) in [5, 5.41) is 126. The van der Waals surface area contributed by atoms with Crippen molar-refractivity contribution in [1.82, 2.24) is 5.32 Å². The predicted molar refractivity (Wildman–Crippen MR) is 127 cm³/mol. The maximum atomic E-state index is 12.2. The van der Waals surface area contributed by atoms with Gasteiger partial charge in [0, 0.05) is 13.3 Å². The third-order valence-electron chi connectivity index (χ3n) is 7.45. The molecular weight excluding hydrogens is 617 g/mol. The van der Waals surface area contributed by atoms with Crippen LogP contribution in [0.3, 0.4) is 0 Å². The van der Waals surface area contributed by atoms with Crippen LogP contribution in [0.15, 0.2) is 0 Å². The van der Waals surface area contributed by atoms with Crippen molar-refractivity contribution in [2.24, 2.45) is 0 Å². The molecule has 12 N–H and O–H groups in total. The second kappa shape index (κ2) is 16.4. The van der Waals surface area contributed by atoms with Crippen LogP contribution >= 0.6 is 0 Å². The van der Waals surface area contributed by atoms with Gasteiger partial charge >= 0.3 is 29.6 Å². The largest absolute Gasteiger partial charge is 1.00 e. The van der Waals surface area contributed by atoms with Crippen molar-refractivity contribution in [1.29, 1.82) is 0 Å². The molecule has 250 valence electrons. The summed E-state index contributed by atoms with van der Waals surface area (Å²) in [5.41, 5.74) is 0. The number of aliphatic hydroxyl groups is 11. The van der Waals surface area contributed by atoms with Gasteiger partial charge in [-0.1, -0.05) is 0 Å². The van der Waals surface area contributed by atoms with Crippen molar-refractivity contribution < 1.29 is 124 Å². The Hall–Kier alpha value is -0.700. The Kier molecular flexibility index (Phi) is 14.7. The van der Waals surface area contributed by atoms with Crippen molar-refractivity contribution >= 4 is 11.9 Å². The molecule has 21 heteroatoms. The smallest absolute Gasteiger partial charge is 0.544 e. The predicted octanol–water partition coefficient (Wildman–Crippen LogP) is -12.6. The average molecular weight is 656 g/mol. The molecule has 3 saturated heterocycles. The van der Waals surface area contributed by atoms with Gasteiger partial charge in [0.2, 0.25) is 11.7 Å². The quantitative estimate of drug-likeness (QED) is 0.0919. The summed E-state index contributed by atoms with van der Waals surface area (Å²) in [4.78, 5) is 23.9.